The average molecular weight is 152 g/mol. The lowest BCUT2D eigenvalue weighted by Crippen LogP contribution is -2.22. The molecular formula is C8H13BO2. The van der Waals surface area contributed by atoms with E-state index in [1.807, 2.05) is 26.0 Å². The Kier molecular flexibility index (Phi) is 2.52. The molecule has 2 nitrogen and oxygen atoms in total. The molecule has 0 amide bonds. The summed E-state index contributed by atoms with van der Waals surface area (Å²) >= 11 is 0. The zero-order valence-electron chi connectivity index (χ0n) is 6.91. The van der Waals surface area contributed by atoms with Crippen molar-refractivity contribution in [2.45, 2.75) is 26.1 Å². The molecule has 0 fully saturated rings. The van der Waals surface area contributed by atoms with Crippen LogP contribution >= 0.6 is 0 Å². The van der Waals surface area contributed by atoms with Crippen molar-refractivity contribution in [2.75, 3.05) is 0 Å². The SMILES string of the molecule is CC1=C(C)C(B(O)O)CC=C1. The molecule has 2 N–H and O–H groups in total. The van der Waals surface area contributed by atoms with Crippen LogP contribution in [0.15, 0.2) is 23.3 Å². The summed E-state index contributed by atoms with van der Waals surface area (Å²) in [6.45, 7) is 3.93. The number of allylic oxidation sites excluding steroid dienone is 4. The summed E-state index contributed by atoms with van der Waals surface area (Å²) in [6.07, 6.45) is 4.74. The predicted octanol–water partition coefficient (Wildman–Crippen LogP) is 1.13. The minimum atomic E-state index is -1.21. The van der Waals surface area contributed by atoms with Gasteiger partial charge in [-0.2, -0.15) is 0 Å². The minimum Gasteiger partial charge on any atom is -0.427 e. The Balaban J connectivity index is 2.81. The fraction of sp³-hybridized carbons (Fsp3) is 0.500. The molecule has 11 heavy (non-hydrogen) atoms. The van der Waals surface area contributed by atoms with E-state index in [2.05, 4.69) is 0 Å². The molecule has 0 aromatic carbocycles. The van der Waals surface area contributed by atoms with Gasteiger partial charge >= 0.3 is 7.12 Å². The van der Waals surface area contributed by atoms with E-state index < -0.39 is 7.12 Å². The van der Waals surface area contributed by atoms with Gasteiger partial charge in [0.05, 0.1) is 0 Å². The molecule has 0 aliphatic heterocycles. The normalized spacial score (nSPS) is 24.2. The lowest BCUT2D eigenvalue weighted by Gasteiger charge is -2.19. The van der Waals surface area contributed by atoms with E-state index in [4.69, 9.17) is 10.0 Å². The molecule has 3 heteroatoms. The maximum Gasteiger partial charge on any atom is 0.459 e. The Morgan fingerprint density at radius 2 is 2.09 bits per heavy atom. The van der Waals surface area contributed by atoms with Gasteiger partial charge in [0, 0.05) is 5.82 Å². The van der Waals surface area contributed by atoms with Crippen LogP contribution in [0.5, 0.6) is 0 Å². The van der Waals surface area contributed by atoms with Gasteiger partial charge in [-0.15, -0.1) is 0 Å². The summed E-state index contributed by atoms with van der Waals surface area (Å²) in [5, 5.41) is 17.9. The summed E-state index contributed by atoms with van der Waals surface area (Å²) in [5.41, 5.74) is 2.23. The number of hydrogen-bond donors (Lipinski definition) is 2. The van der Waals surface area contributed by atoms with E-state index in [1.54, 1.807) is 0 Å². The highest BCUT2D eigenvalue weighted by Crippen LogP contribution is 2.30. The van der Waals surface area contributed by atoms with Crippen LogP contribution in [0.4, 0.5) is 0 Å². The fourth-order valence-corrected chi connectivity index (χ4v) is 1.34. The van der Waals surface area contributed by atoms with E-state index in [0.29, 0.717) is 0 Å². The molecule has 1 aliphatic rings. The first-order chi connectivity index (χ1) is 5.13. The first-order valence-corrected chi connectivity index (χ1v) is 3.83. The highest BCUT2D eigenvalue weighted by atomic mass is 16.4. The van der Waals surface area contributed by atoms with Crippen molar-refractivity contribution in [3.63, 3.8) is 0 Å². The standard InChI is InChI=1S/C8H13BO2/c1-6-4-3-5-8(7(6)2)9(10)11/h3-4,8,10-11H,5H2,1-2H3. The molecule has 0 heterocycles. The van der Waals surface area contributed by atoms with Crippen LogP contribution in [0.25, 0.3) is 0 Å². The molecule has 0 saturated heterocycles. The van der Waals surface area contributed by atoms with Crippen LogP contribution in [-0.4, -0.2) is 17.2 Å². The van der Waals surface area contributed by atoms with Gasteiger partial charge in [0.2, 0.25) is 0 Å². The third-order valence-corrected chi connectivity index (χ3v) is 2.30. The Morgan fingerprint density at radius 1 is 1.45 bits per heavy atom. The summed E-state index contributed by atoms with van der Waals surface area (Å²) in [7, 11) is -1.21. The third kappa shape index (κ3) is 1.73. The third-order valence-electron chi connectivity index (χ3n) is 2.30. The zero-order valence-corrected chi connectivity index (χ0v) is 6.91. The maximum absolute atomic E-state index is 8.95. The Hall–Kier alpha value is -0.535. The van der Waals surface area contributed by atoms with Crippen molar-refractivity contribution in [2.24, 2.45) is 0 Å². The molecule has 0 bridgehead atoms. The van der Waals surface area contributed by atoms with Crippen LogP contribution < -0.4 is 0 Å². The summed E-state index contributed by atoms with van der Waals surface area (Å²) in [5.74, 6) is -0.0972. The fourth-order valence-electron chi connectivity index (χ4n) is 1.34. The van der Waals surface area contributed by atoms with Crippen molar-refractivity contribution < 1.29 is 10.0 Å². The molecule has 0 aromatic rings. The van der Waals surface area contributed by atoms with Crippen molar-refractivity contribution >= 4 is 7.12 Å². The Bertz CT molecular complexity index is 206. The molecule has 0 saturated carbocycles. The first-order valence-electron chi connectivity index (χ1n) is 3.83. The van der Waals surface area contributed by atoms with Crippen molar-refractivity contribution in [3.05, 3.63) is 23.3 Å². The van der Waals surface area contributed by atoms with Gasteiger partial charge < -0.3 is 10.0 Å². The van der Waals surface area contributed by atoms with Crippen LogP contribution in [0.2, 0.25) is 5.82 Å². The van der Waals surface area contributed by atoms with Crippen molar-refractivity contribution in [3.8, 4) is 0 Å². The molecule has 1 aliphatic carbocycles. The van der Waals surface area contributed by atoms with Crippen molar-refractivity contribution in [1.82, 2.24) is 0 Å². The van der Waals surface area contributed by atoms with Gasteiger partial charge in [-0.1, -0.05) is 23.3 Å². The number of rotatable bonds is 1. The van der Waals surface area contributed by atoms with Gasteiger partial charge in [0.15, 0.2) is 0 Å². The van der Waals surface area contributed by atoms with Gasteiger partial charge in [-0.25, -0.2) is 0 Å². The Labute approximate surface area is 67.4 Å². The van der Waals surface area contributed by atoms with Crippen LogP contribution in [0, 0.1) is 0 Å². The largest absolute Gasteiger partial charge is 0.459 e. The van der Waals surface area contributed by atoms with Gasteiger partial charge in [0.25, 0.3) is 0 Å². The molecule has 1 unspecified atom stereocenters. The van der Waals surface area contributed by atoms with Crippen LogP contribution in [-0.2, 0) is 0 Å². The minimum absolute atomic E-state index is 0.0972. The number of hydrogen-bond acceptors (Lipinski definition) is 2. The second-order valence-corrected chi connectivity index (χ2v) is 3.02. The van der Waals surface area contributed by atoms with Gasteiger partial charge in [0.1, 0.15) is 0 Å². The van der Waals surface area contributed by atoms with E-state index >= 15 is 0 Å². The van der Waals surface area contributed by atoms with Crippen molar-refractivity contribution in [1.29, 1.82) is 0 Å². The quantitative estimate of drug-likeness (QED) is 0.552. The zero-order chi connectivity index (χ0) is 8.43. The van der Waals surface area contributed by atoms with E-state index in [-0.39, 0.29) is 5.82 Å². The van der Waals surface area contributed by atoms with Crippen LogP contribution in [0.3, 0.4) is 0 Å². The average Bonchev–Trinajstić information content (AvgIpc) is 1.94. The maximum atomic E-state index is 8.95. The smallest absolute Gasteiger partial charge is 0.427 e. The topological polar surface area (TPSA) is 40.5 Å². The molecule has 60 valence electrons. The summed E-state index contributed by atoms with van der Waals surface area (Å²) in [4.78, 5) is 0. The Morgan fingerprint density at radius 3 is 2.55 bits per heavy atom. The monoisotopic (exact) mass is 152 g/mol. The summed E-state index contributed by atoms with van der Waals surface area (Å²) < 4.78 is 0. The molecule has 1 rings (SSSR count). The van der Waals surface area contributed by atoms with E-state index in [9.17, 15) is 0 Å². The van der Waals surface area contributed by atoms with E-state index in [1.165, 1.54) is 0 Å². The van der Waals surface area contributed by atoms with Crippen LogP contribution in [0.1, 0.15) is 20.3 Å². The molecule has 1 atom stereocenters. The molecule has 0 radical (unpaired) electrons. The predicted molar refractivity (Wildman–Crippen MR) is 46.1 cm³/mol. The molecule has 0 aromatic heterocycles. The van der Waals surface area contributed by atoms with Gasteiger partial charge in [-0.3, -0.25) is 0 Å². The molecular weight excluding hydrogens is 139 g/mol. The second-order valence-electron chi connectivity index (χ2n) is 3.02. The van der Waals surface area contributed by atoms with E-state index in [0.717, 1.165) is 17.6 Å². The second kappa shape index (κ2) is 3.24. The highest BCUT2D eigenvalue weighted by Gasteiger charge is 2.25. The lowest BCUT2D eigenvalue weighted by atomic mass is 9.64. The summed E-state index contributed by atoms with van der Waals surface area (Å²) in [6, 6.07) is 0. The van der Waals surface area contributed by atoms with Gasteiger partial charge in [-0.05, 0) is 20.3 Å². The lowest BCUT2D eigenvalue weighted by molar-refractivity contribution is 0.391. The molecule has 0 spiro atoms. The first kappa shape index (κ1) is 8.56. The highest BCUT2D eigenvalue weighted by molar-refractivity contribution is 6.44.